The molecule has 29 heavy (non-hydrogen) atoms. The summed E-state index contributed by atoms with van der Waals surface area (Å²) < 4.78 is 5.39. The predicted molar refractivity (Wildman–Crippen MR) is 121 cm³/mol. The molecule has 0 heterocycles. The van der Waals surface area contributed by atoms with Crippen LogP contribution in [0.2, 0.25) is 5.04 Å². The molecule has 3 nitrogen and oxygen atoms in total. The number of esters is 1. The van der Waals surface area contributed by atoms with E-state index in [0.717, 1.165) is 42.5 Å². The van der Waals surface area contributed by atoms with Gasteiger partial charge in [-0.1, -0.05) is 87.4 Å². The fraction of sp³-hybridized carbons (Fsp3) is 0.480. The summed E-state index contributed by atoms with van der Waals surface area (Å²) in [6, 6.07) is 20.3. The highest BCUT2D eigenvalue weighted by Crippen LogP contribution is 2.46. The maximum absolute atomic E-state index is 12.6. The van der Waals surface area contributed by atoms with Gasteiger partial charge in [0.05, 0.1) is 12.5 Å². The van der Waals surface area contributed by atoms with E-state index in [9.17, 15) is 9.59 Å². The number of ether oxygens (including phenoxy) is 1. The molecule has 0 bridgehead atoms. The Kier molecular flexibility index (Phi) is 6.96. The predicted octanol–water partition coefficient (Wildman–Crippen LogP) is 4.28. The van der Waals surface area contributed by atoms with Gasteiger partial charge < -0.3 is 9.53 Å². The molecule has 3 rings (SSSR count). The maximum Gasteiger partial charge on any atom is 0.309 e. The average Bonchev–Trinajstić information content (AvgIpc) is 2.74. The quantitative estimate of drug-likeness (QED) is 0.547. The molecular formula is C25H34O3Si. The van der Waals surface area contributed by atoms with Gasteiger partial charge in [-0.05, 0) is 47.5 Å². The Balaban J connectivity index is 1.97. The van der Waals surface area contributed by atoms with Gasteiger partial charge in [-0.15, -0.1) is 0 Å². The van der Waals surface area contributed by atoms with E-state index >= 15 is 0 Å². The highest BCUT2D eigenvalue weighted by molar-refractivity contribution is 6.98. The molecular weight excluding hydrogens is 376 g/mol. The lowest BCUT2D eigenvalue weighted by atomic mass is 9.75. The summed E-state index contributed by atoms with van der Waals surface area (Å²) in [4.78, 5) is 25.0. The second-order valence-corrected chi connectivity index (χ2v) is 12.9. The lowest BCUT2D eigenvalue weighted by molar-refractivity contribution is -0.151. The standard InChI is InChI=1S/C25H34O3Si/c1-4-28-24(26)23-18-12-11-13-20(23)19-25(2,3)29(27,21-14-7-5-8-15-21)22-16-9-6-10-17-22/h5-10,14-17,20,23,27H,4,11-13,18-19H2,1-3H3/t20-,23+/m0/s1. The summed E-state index contributed by atoms with van der Waals surface area (Å²) in [5.74, 6) is 0.148. The monoisotopic (exact) mass is 410 g/mol. The Morgan fingerprint density at radius 1 is 1.00 bits per heavy atom. The number of hydrogen-bond donors (Lipinski definition) is 1. The molecule has 1 aliphatic rings. The van der Waals surface area contributed by atoms with Crippen LogP contribution >= 0.6 is 0 Å². The Hall–Kier alpha value is -1.91. The first-order valence-corrected chi connectivity index (χ1v) is 12.8. The molecule has 0 amide bonds. The summed E-state index contributed by atoms with van der Waals surface area (Å²) in [5.41, 5.74) is 0. The molecule has 1 aliphatic carbocycles. The molecule has 0 unspecified atom stereocenters. The van der Waals surface area contributed by atoms with E-state index in [1.165, 1.54) is 0 Å². The van der Waals surface area contributed by atoms with Gasteiger partial charge in [-0.3, -0.25) is 4.79 Å². The first-order valence-electron chi connectivity index (χ1n) is 10.9. The third kappa shape index (κ3) is 4.49. The minimum atomic E-state index is -3.05. The van der Waals surface area contributed by atoms with Gasteiger partial charge in [0.1, 0.15) is 0 Å². The molecule has 156 valence electrons. The minimum Gasteiger partial charge on any atom is -0.466 e. The SMILES string of the molecule is CCOC(=O)[C@@H]1CCCC[C@H]1CC(C)(C)[Si](O)(c1ccccc1)c1ccccc1. The topological polar surface area (TPSA) is 46.5 Å². The van der Waals surface area contributed by atoms with Crippen molar-refractivity contribution >= 4 is 24.7 Å². The minimum absolute atomic E-state index is 0.0484. The van der Waals surface area contributed by atoms with Crippen LogP contribution in [0.5, 0.6) is 0 Å². The van der Waals surface area contributed by atoms with Crippen molar-refractivity contribution in [3.8, 4) is 0 Å². The van der Waals surface area contributed by atoms with Gasteiger partial charge in [-0.25, -0.2) is 0 Å². The average molecular weight is 411 g/mol. The van der Waals surface area contributed by atoms with Crippen molar-refractivity contribution in [1.29, 1.82) is 0 Å². The normalized spacial score (nSPS) is 20.3. The highest BCUT2D eigenvalue weighted by atomic mass is 28.4. The van der Waals surface area contributed by atoms with Gasteiger partial charge in [0.25, 0.3) is 8.32 Å². The fourth-order valence-corrected chi connectivity index (χ4v) is 8.93. The number of rotatable bonds is 7. The van der Waals surface area contributed by atoms with Crippen molar-refractivity contribution in [1.82, 2.24) is 0 Å². The molecule has 2 aromatic rings. The van der Waals surface area contributed by atoms with Crippen LogP contribution in [-0.2, 0) is 9.53 Å². The molecule has 0 aromatic heterocycles. The molecule has 0 saturated heterocycles. The van der Waals surface area contributed by atoms with Crippen LogP contribution in [0.4, 0.5) is 0 Å². The van der Waals surface area contributed by atoms with Crippen molar-refractivity contribution in [2.24, 2.45) is 11.8 Å². The zero-order valence-corrected chi connectivity index (χ0v) is 18.9. The molecule has 1 fully saturated rings. The van der Waals surface area contributed by atoms with Crippen LogP contribution in [0.1, 0.15) is 52.9 Å². The first kappa shape index (κ1) is 21.8. The van der Waals surface area contributed by atoms with E-state index in [1.54, 1.807) is 0 Å². The molecule has 1 saturated carbocycles. The van der Waals surface area contributed by atoms with E-state index in [4.69, 9.17) is 4.74 Å². The van der Waals surface area contributed by atoms with E-state index in [1.807, 2.05) is 43.3 Å². The smallest absolute Gasteiger partial charge is 0.309 e. The molecule has 1 N–H and O–H groups in total. The van der Waals surface area contributed by atoms with Gasteiger partial charge in [-0.2, -0.15) is 0 Å². The van der Waals surface area contributed by atoms with Crippen LogP contribution in [0.25, 0.3) is 0 Å². The zero-order chi connectivity index (χ0) is 20.9. The van der Waals surface area contributed by atoms with E-state index in [-0.39, 0.29) is 22.8 Å². The van der Waals surface area contributed by atoms with Crippen LogP contribution < -0.4 is 10.4 Å². The third-order valence-electron chi connectivity index (χ3n) is 6.63. The van der Waals surface area contributed by atoms with Gasteiger partial charge in [0.2, 0.25) is 0 Å². The lowest BCUT2D eigenvalue weighted by Crippen LogP contribution is -2.65. The molecule has 0 spiro atoms. The van der Waals surface area contributed by atoms with Gasteiger partial charge in [0, 0.05) is 0 Å². The number of carbonyl (C=O) groups excluding carboxylic acids is 1. The van der Waals surface area contributed by atoms with Crippen LogP contribution in [-0.4, -0.2) is 25.7 Å². The number of hydrogen-bond acceptors (Lipinski definition) is 3. The Morgan fingerprint density at radius 2 is 1.52 bits per heavy atom. The molecule has 2 atom stereocenters. The van der Waals surface area contributed by atoms with Crippen LogP contribution in [0.3, 0.4) is 0 Å². The molecule has 4 heteroatoms. The van der Waals surface area contributed by atoms with E-state index < -0.39 is 8.32 Å². The second-order valence-electron chi connectivity index (χ2n) is 8.93. The summed E-state index contributed by atoms with van der Waals surface area (Å²) in [6.07, 6.45) is 4.98. The Bertz CT molecular complexity index is 749. The van der Waals surface area contributed by atoms with E-state index in [2.05, 4.69) is 38.1 Å². The molecule has 0 radical (unpaired) electrons. The molecule has 0 aliphatic heterocycles. The highest BCUT2D eigenvalue weighted by Gasteiger charge is 2.51. The number of carbonyl (C=O) groups is 1. The first-order chi connectivity index (χ1) is 13.9. The fourth-order valence-electron chi connectivity index (χ4n) is 5.12. The Labute approximate surface area is 176 Å². The summed E-state index contributed by atoms with van der Waals surface area (Å²) >= 11 is 0. The van der Waals surface area contributed by atoms with Crippen molar-refractivity contribution < 1.29 is 14.3 Å². The summed E-state index contributed by atoms with van der Waals surface area (Å²) in [5, 5.41) is 1.72. The zero-order valence-electron chi connectivity index (χ0n) is 17.9. The number of benzene rings is 2. The van der Waals surface area contributed by atoms with Crippen molar-refractivity contribution in [3.05, 3.63) is 60.7 Å². The van der Waals surface area contributed by atoms with Crippen molar-refractivity contribution in [2.75, 3.05) is 6.61 Å². The van der Waals surface area contributed by atoms with Crippen molar-refractivity contribution in [3.63, 3.8) is 0 Å². The summed E-state index contributed by atoms with van der Waals surface area (Å²) in [7, 11) is -3.05. The van der Waals surface area contributed by atoms with Crippen molar-refractivity contribution in [2.45, 2.75) is 57.9 Å². The maximum atomic E-state index is 12.6. The van der Waals surface area contributed by atoms with Gasteiger partial charge in [0.15, 0.2) is 0 Å². The van der Waals surface area contributed by atoms with Gasteiger partial charge >= 0.3 is 5.97 Å². The Morgan fingerprint density at radius 3 is 2.03 bits per heavy atom. The second kappa shape index (κ2) is 9.27. The van der Waals surface area contributed by atoms with E-state index in [0.29, 0.717) is 6.61 Å². The molecule has 2 aromatic carbocycles. The summed E-state index contributed by atoms with van der Waals surface area (Å²) in [6.45, 7) is 6.68. The lowest BCUT2D eigenvalue weighted by Gasteiger charge is -2.45. The largest absolute Gasteiger partial charge is 0.466 e. The third-order valence-corrected chi connectivity index (χ3v) is 11.1. The van der Waals surface area contributed by atoms with Crippen LogP contribution in [0, 0.1) is 11.8 Å². The van der Waals surface area contributed by atoms with Crippen LogP contribution in [0.15, 0.2) is 60.7 Å².